The molecular weight excluding hydrogens is 404 g/mol. The van der Waals surface area contributed by atoms with Gasteiger partial charge in [-0.1, -0.05) is 36.6 Å². The molecule has 2 aromatic carbocycles. The quantitative estimate of drug-likeness (QED) is 0.632. The van der Waals surface area contributed by atoms with E-state index in [4.69, 9.17) is 11.6 Å². The molecule has 0 saturated heterocycles. The number of aromatic nitrogens is 4. The van der Waals surface area contributed by atoms with Crippen molar-refractivity contribution in [2.24, 2.45) is 0 Å². The van der Waals surface area contributed by atoms with Gasteiger partial charge in [0.05, 0.1) is 11.3 Å². The van der Waals surface area contributed by atoms with Crippen LogP contribution in [0, 0.1) is 0 Å². The number of nitrogens with one attached hydrogen (secondary N) is 2. The van der Waals surface area contributed by atoms with E-state index in [0.717, 1.165) is 31.2 Å². The van der Waals surface area contributed by atoms with Gasteiger partial charge < -0.3 is 10.6 Å². The molecular formula is C21H21ClN6O2. The molecule has 8 nitrogen and oxygen atoms in total. The zero-order valence-electron chi connectivity index (χ0n) is 16.2. The Morgan fingerprint density at radius 3 is 2.57 bits per heavy atom. The number of anilines is 1. The maximum atomic E-state index is 12.6. The number of hydrogen-bond acceptors (Lipinski definition) is 5. The number of tetrazole rings is 1. The summed E-state index contributed by atoms with van der Waals surface area (Å²) in [5, 5.41) is 18.6. The third-order valence-corrected chi connectivity index (χ3v) is 5.23. The van der Waals surface area contributed by atoms with E-state index in [-0.39, 0.29) is 24.4 Å². The molecule has 0 spiro atoms. The lowest BCUT2D eigenvalue weighted by atomic mass is 10.1. The average molecular weight is 425 g/mol. The van der Waals surface area contributed by atoms with Crippen LogP contribution in [-0.2, 0) is 11.3 Å². The van der Waals surface area contributed by atoms with Crippen molar-refractivity contribution in [3.63, 3.8) is 0 Å². The average Bonchev–Trinajstić information content (AvgIpc) is 3.41. The molecule has 2 amide bonds. The van der Waals surface area contributed by atoms with E-state index in [1.165, 1.54) is 4.80 Å². The normalized spacial score (nSPS) is 13.9. The molecule has 1 saturated carbocycles. The molecule has 1 aliphatic carbocycles. The molecule has 2 N–H and O–H groups in total. The minimum absolute atomic E-state index is 0.126. The van der Waals surface area contributed by atoms with Crippen molar-refractivity contribution in [1.82, 2.24) is 25.5 Å². The number of benzene rings is 2. The Labute approximate surface area is 178 Å². The third kappa shape index (κ3) is 4.83. The zero-order chi connectivity index (χ0) is 20.9. The molecule has 9 heteroatoms. The molecule has 4 rings (SSSR count). The fourth-order valence-electron chi connectivity index (χ4n) is 3.47. The van der Waals surface area contributed by atoms with E-state index >= 15 is 0 Å². The summed E-state index contributed by atoms with van der Waals surface area (Å²) < 4.78 is 0. The van der Waals surface area contributed by atoms with E-state index in [9.17, 15) is 9.59 Å². The maximum absolute atomic E-state index is 12.6. The number of carbonyl (C=O) groups is 2. The highest BCUT2D eigenvalue weighted by Crippen LogP contribution is 2.21. The molecule has 1 heterocycles. The van der Waals surface area contributed by atoms with Crippen LogP contribution < -0.4 is 10.6 Å². The highest BCUT2D eigenvalue weighted by Gasteiger charge is 2.20. The number of halogens is 1. The van der Waals surface area contributed by atoms with E-state index in [0.29, 0.717) is 22.1 Å². The lowest BCUT2D eigenvalue weighted by Crippen LogP contribution is -2.33. The molecule has 0 unspecified atom stereocenters. The first-order valence-electron chi connectivity index (χ1n) is 9.82. The summed E-state index contributed by atoms with van der Waals surface area (Å²) in [6.45, 7) is -0.126. The topological polar surface area (TPSA) is 102 Å². The van der Waals surface area contributed by atoms with Gasteiger partial charge in [-0.2, -0.15) is 4.80 Å². The van der Waals surface area contributed by atoms with Crippen molar-refractivity contribution >= 4 is 29.1 Å². The number of amides is 2. The van der Waals surface area contributed by atoms with Crippen molar-refractivity contribution in [3.8, 4) is 11.4 Å². The van der Waals surface area contributed by atoms with Gasteiger partial charge in [0, 0.05) is 16.6 Å². The fraction of sp³-hybridized carbons (Fsp3) is 0.286. The summed E-state index contributed by atoms with van der Waals surface area (Å²) in [6.07, 6.45) is 4.25. The van der Waals surface area contributed by atoms with Gasteiger partial charge in [-0.05, 0) is 54.5 Å². The molecule has 0 aliphatic heterocycles. The summed E-state index contributed by atoms with van der Waals surface area (Å²) in [5.74, 6) is -0.131. The van der Waals surface area contributed by atoms with Gasteiger partial charge in [0.1, 0.15) is 6.54 Å². The molecule has 3 aromatic rings. The number of hydrogen-bond donors (Lipinski definition) is 2. The van der Waals surface area contributed by atoms with Gasteiger partial charge in [0.2, 0.25) is 11.7 Å². The smallest absolute Gasteiger partial charge is 0.253 e. The molecule has 1 fully saturated rings. The molecule has 30 heavy (non-hydrogen) atoms. The van der Waals surface area contributed by atoms with Crippen LogP contribution >= 0.6 is 11.6 Å². The number of para-hydroxylation sites is 1. The van der Waals surface area contributed by atoms with Crippen LogP contribution in [0.4, 0.5) is 5.69 Å². The first-order chi connectivity index (χ1) is 14.6. The Balaban J connectivity index is 1.41. The molecule has 0 atom stereocenters. The number of carbonyl (C=O) groups excluding carboxylic acids is 2. The van der Waals surface area contributed by atoms with Crippen LogP contribution in [0.1, 0.15) is 36.0 Å². The Bertz CT molecular complexity index is 1040. The maximum Gasteiger partial charge on any atom is 0.253 e. The second-order valence-corrected chi connectivity index (χ2v) is 7.64. The van der Waals surface area contributed by atoms with Crippen LogP contribution in [0.25, 0.3) is 11.4 Å². The minimum atomic E-state index is -0.351. The summed E-state index contributed by atoms with van der Waals surface area (Å²) in [7, 11) is 0. The first-order valence-corrected chi connectivity index (χ1v) is 10.2. The zero-order valence-corrected chi connectivity index (χ0v) is 17.0. The summed E-state index contributed by atoms with van der Waals surface area (Å²) in [6, 6.07) is 14.2. The van der Waals surface area contributed by atoms with E-state index < -0.39 is 0 Å². The Morgan fingerprint density at radius 2 is 1.80 bits per heavy atom. The van der Waals surface area contributed by atoms with E-state index in [1.54, 1.807) is 48.5 Å². The van der Waals surface area contributed by atoms with Gasteiger partial charge in [-0.15, -0.1) is 10.2 Å². The van der Waals surface area contributed by atoms with Crippen molar-refractivity contribution < 1.29 is 9.59 Å². The lowest BCUT2D eigenvalue weighted by molar-refractivity contribution is -0.117. The summed E-state index contributed by atoms with van der Waals surface area (Å²) in [5.41, 5.74) is 1.64. The Kier molecular flexibility index (Phi) is 6.04. The highest BCUT2D eigenvalue weighted by atomic mass is 35.5. The molecule has 1 aliphatic rings. The van der Waals surface area contributed by atoms with Crippen molar-refractivity contribution in [2.45, 2.75) is 38.3 Å². The standard InChI is InChI=1S/C21H21ClN6O2/c22-15-11-9-14(10-12-15)20-25-27-28(26-20)13-19(29)24-18-8-4-3-7-17(18)21(30)23-16-5-1-2-6-16/h3-4,7-12,16H,1-2,5-6,13H2,(H,23,30)(H,24,29). The predicted octanol–water partition coefficient (Wildman–Crippen LogP) is 3.30. The van der Waals surface area contributed by atoms with Crippen LogP contribution in [0.15, 0.2) is 48.5 Å². The lowest BCUT2D eigenvalue weighted by Gasteiger charge is -2.14. The largest absolute Gasteiger partial charge is 0.349 e. The van der Waals surface area contributed by atoms with Crippen LogP contribution in [0.5, 0.6) is 0 Å². The molecule has 154 valence electrons. The van der Waals surface area contributed by atoms with Crippen molar-refractivity contribution in [3.05, 3.63) is 59.1 Å². The van der Waals surface area contributed by atoms with Crippen LogP contribution in [0.2, 0.25) is 5.02 Å². The van der Waals surface area contributed by atoms with Gasteiger partial charge in [-0.25, -0.2) is 0 Å². The first kappa shape index (κ1) is 20.0. The highest BCUT2D eigenvalue weighted by molar-refractivity contribution is 6.30. The molecule has 0 bridgehead atoms. The predicted molar refractivity (Wildman–Crippen MR) is 113 cm³/mol. The van der Waals surface area contributed by atoms with E-state index in [2.05, 4.69) is 26.0 Å². The Hall–Kier alpha value is -3.26. The second kappa shape index (κ2) is 9.04. The monoisotopic (exact) mass is 424 g/mol. The van der Waals surface area contributed by atoms with Crippen LogP contribution in [0.3, 0.4) is 0 Å². The fourth-order valence-corrected chi connectivity index (χ4v) is 3.59. The number of rotatable bonds is 6. The summed E-state index contributed by atoms with van der Waals surface area (Å²) >= 11 is 5.89. The molecule has 1 aromatic heterocycles. The van der Waals surface area contributed by atoms with Crippen molar-refractivity contribution in [1.29, 1.82) is 0 Å². The minimum Gasteiger partial charge on any atom is -0.349 e. The van der Waals surface area contributed by atoms with Gasteiger partial charge in [0.15, 0.2) is 0 Å². The summed E-state index contributed by atoms with van der Waals surface area (Å²) in [4.78, 5) is 26.3. The van der Waals surface area contributed by atoms with Crippen molar-refractivity contribution in [2.75, 3.05) is 5.32 Å². The third-order valence-electron chi connectivity index (χ3n) is 4.98. The van der Waals surface area contributed by atoms with Gasteiger partial charge in [-0.3, -0.25) is 9.59 Å². The van der Waals surface area contributed by atoms with Crippen LogP contribution in [-0.4, -0.2) is 38.1 Å². The van der Waals surface area contributed by atoms with Gasteiger partial charge >= 0.3 is 0 Å². The van der Waals surface area contributed by atoms with Gasteiger partial charge in [0.25, 0.3) is 5.91 Å². The second-order valence-electron chi connectivity index (χ2n) is 7.20. The number of nitrogens with zero attached hydrogens (tertiary/aromatic N) is 4. The van der Waals surface area contributed by atoms with E-state index in [1.807, 2.05) is 0 Å². The molecule has 0 radical (unpaired) electrons. The SMILES string of the molecule is O=C(Cn1nnc(-c2ccc(Cl)cc2)n1)Nc1ccccc1C(=O)NC1CCCC1. The Morgan fingerprint density at radius 1 is 1.07 bits per heavy atom.